The van der Waals surface area contributed by atoms with Crippen LogP contribution in [0.3, 0.4) is 0 Å². The molecular formula is C5H12N4O. The van der Waals surface area contributed by atoms with Crippen molar-refractivity contribution < 1.29 is 5.11 Å². The van der Waals surface area contributed by atoms with Crippen LogP contribution < -0.4 is 5.32 Å². The fourth-order valence-corrected chi connectivity index (χ4v) is 0.524. The van der Waals surface area contributed by atoms with Gasteiger partial charge in [-0.05, 0) is 18.5 Å². The van der Waals surface area contributed by atoms with Gasteiger partial charge in [0.15, 0.2) is 0 Å². The van der Waals surface area contributed by atoms with Gasteiger partial charge in [-0.15, -0.1) is 0 Å². The maximum atomic E-state index is 8.32. The molecule has 0 fully saturated rings. The van der Waals surface area contributed by atoms with Crippen molar-refractivity contribution in [2.45, 2.75) is 6.42 Å². The Kier molecular flexibility index (Phi) is 7.60. The van der Waals surface area contributed by atoms with Gasteiger partial charge in [-0.3, -0.25) is 0 Å². The molecule has 0 unspecified atom stereocenters. The summed E-state index contributed by atoms with van der Waals surface area (Å²) in [7, 11) is 0. The number of aliphatic hydroxyl groups excluding tert-OH is 1. The average molecular weight is 144 g/mol. The van der Waals surface area contributed by atoms with Crippen LogP contribution in [0.15, 0.2) is 5.11 Å². The molecule has 0 saturated carbocycles. The third-order valence-electron chi connectivity index (χ3n) is 0.963. The Bertz CT molecular complexity index is 110. The fraction of sp³-hybridized carbons (Fsp3) is 1.00. The molecule has 0 spiro atoms. The molecule has 0 aliphatic rings. The maximum absolute atomic E-state index is 8.32. The molecule has 0 rings (SSSR count). The molecule has 0 atom stereocenters. The third kappa shape index (κ3) is 7.23. The van der Waals surface area contributed by atoms with E-state index in [0.717, 1.165) is 13.0 Å². The summed E-state index contributed by atoms with van der Waals surface area (Å²) in [6.07, 6.45) is 0.823. The van der Waals surface area contributed by atoms with Crippen molar-refractivity contribution in [3.63, 3.8) is 0 Å². The first-order chi connectivity index (χ1) is 4.91. The summed E-state index contributed by atoms with van der Waals surface area (Å²) in [6, 6.07) is 0. The number of nitrogens with zero attached hydrogens (tertiary/aromatic N) is 3. The van der Waals surface area contributed by atoms with Gasteiger partial charge in [0.05, 0.1) is 6.61 Å². The Balaban J connectivity index is 2.83. The molecule has 5 nitrogen and oxygen atoms in total. The molecule has 10 heavy (non-hydrogen) atoms. The lowest BCUT2D eigenvalue weighted by Gasteiger charge is -1.97. The Morgan fingerprint density at radius 1 is 1.50 bits per heavy atom. The van der Waals surface area contributed by atoms with Crippen molar-refractivity contribution in [3.05, 3.63) is 10.4 Å². The van der Waals surface area contributed by atoms with Crippen LogP contribution in [0.4, 0.5) is 0 Å². The smallest absolute Gasteiger partial charge is 0.0555 e. The van der Waals surface area contributed by atoms with Crippen LogP contribution in [-0.4, -0.2) is 31.3 Å². The first kappa shape index (κ1) is 9.23. The first-order valence-corrected chi connectivity index (χ1v) is 3.24. The molecule has 0 aromatic carbocycles. The predicted octanol–water partition coefficient (Wildman–Crippen LogP) is 0.269. The number of hydrogen-bond acceptors (Lipinski definition) is 3. The minimum atomic E-state index is 0.154. The standard InChI is InChI=1S/C5H12N4O/c6-9-8-3-1-2-7-4-5-10/h7,10H,1-5H2. The van der Waals surface area contributed by atoms with Crippen LogP contribution >= 0.6 is 0 Å². The summed E-state index contributed by atoms with van der Waals surface area (Å²) in [5, 5.41) is 14.6. The zero-order valence-corrected chi connectivity index (χ0v) is 5.82. The summed E-state index contributed by atoms with van der Waals surface area (Å²) >= 11 is 0. The lowest BCUT2D eigenvalue weighted by atomic mass is 10.4. The van der Waals surface area contributed by atoms with Gasteiger partial charge in [-0.25, -0.2) is 0 Å². The molecular weight excluding hydrogens is 132 g/mol. The molecule has 0 heterocycles. The second-order valence-electron chi connectivity index (χ2n) is 1.78. The lowest BCUT2D eigenvalue weighted by Crippen LogP contribution is -2.19. The molecule has 0 saturated heterocycles. The highest BCUT2D eigenvalue weighted by Crippen LogP contribution is 1.77. The van der Waals surface area contributed by atoms with Gasteiger partial charge in [-0.1, -0.05) is 5.11 Å². The molecule has 5 heteroatoms. The summed E-state index contributed by atoms with van der Waals surface area (Å²) in [6.45, 7) is 2.08. The van der Waals surface area contributed by atoms with E-state index in [1.54, 1.807) is 0 Å². The number of hydrogen-bond donors (Lipinski definition) is 2. The van der Waals surface area contributed by atoms with E-state index in [1.807, 2.05) is 0 Å². The zero-order valence-electron chi connectivity index (χ0n) is 5.82. The molecule has 0 bridgehead atoms. The van der Waals surface area contributed by atoms with Crippen LogP contribution in [0, 0.1) is 0 Å². The van der Waals surface area contributed by atoms with Crippen molar-refractivity contribution in [3.8, 4) is 0 Å². The third-order valence-corrected chi connectivity index (χ3v) is 0.963. The summed E-state index contributed by atoms with van der Waals surface area (Å²) in [5.74, 6) is 0. The van der Waals surface area contributed by atoms with Crippen molar-refractivity contribution in [2.75, 3.05) is 26.2 Å². The highest BCUT2D eigenvalue weighted by Gasteiger charge is 1.83. The Morgan fingerprint density at radius 3 is 2.90 bits per heavy atom. The highest BCUT2D eigenvalue weighted by atomic mass is 16.3. The zero-order chi connectivity index (χ0) is 7.66. The van der Waals surface area contributed by atoms with Gasteiger partial charge in [0.1, 0.15) is 0 Å². The highest BCUT2D eigenvalue weighted by molar-refractivity contribution is 4.50. The van der Waals surface area contributed by atoms with Crippen LogP contribution in [0.25, 0.3) is 10.4 Å². The van der Waals surface area contributed by atoms with Crippen molar-refractivity contribution in [1.82, 2.24) is 5.32 Å². The van der Waals surface area contributed by atoms with Gasteiger partial charge >= 0.3 is 0 Å². The van der Waals surface area contributed by atoms with E-state index in [2.05, 4.69) is 15.3 Å². The van der Waals surface area contributed by atoms with Crippen LogP contribution in [0.5, 0.6) is 0 Å². The van der Waals surface area contributed by atoms with Crippen molar-refractivity contribution >= 4 is 0 Å². The lowest BCUT2D eigenvalue weighted by molar-refractivity contribution is 0.292. The normalized spacial score (nSPS) is 8.90. The minimum absolute atomic E-state index is 0.154. The molecule has 2 N–H and O–H groups in total. The van der Waals surface area contributed by atoms with Gasteiger partial charge < -0.3 is 10.4 Å². The predicted molar refractivity (Wildman–Crippen MR) is 38.6 cm³/mol. The summed E-state index contributed by atoms with van der Waals surface area (Å²) in [4.78, 5) is 2.60. The SMILES string of the molecule is [N-]=[N+]=NCCCNCCO. The Hall–Kier alpha value is -0.770. The van der Waals surface area contributed by atoms with Crippen molar-refractivity contribution in [1.29, 1.82) is 0 Å². The van der Waals surface area contributed by atoms with Gasteiger partial charge in [-0.2, -0.15) is 0 Å². The fourth-order valence-electron chi connectivity index (χ4n) is 0.524. The number of azide groups is 1. The van der Waals surface area contributed by atoms with Gasteiger partial charge in [0.2, 0.25) is 0 Å². The van der Waals surface area contributed by atoms with Crippen LogP contribution in [-0.2, 0) is 0 Å². The largest absolute Gasteiger partial charge is 0.395 e. The van der Waals surface area contributed by atoms with E-state index in [-0.39, 0.29) is 6.61 Å². The molecule has 0 aliphatic carbocycles. The number of aliphatic hydroxyl groups is 1. The average Bonchev–Trinajstić information content (AvgIpc) is 1.97. The topological polar surface area (TPSA) is 81.0 Å². The second-order valence-corrected chi connectivity index (χ2v) is 1.78. The van der Waals surface area contributed by atoms with Gasteiger partial charge in [0, 0.05) is 18.0 Å². The van der Waals surface area contributed by atoms with E-state index in [9.17, 15) is 0 Å². The van der Waals surface area contributed by atoms with Crippen molar-refractivity contribution in [2.24, 2.45) is 5.11 Å². The number of rotatable bonds is 6. The molecule has 0 aliphatic heterocycles. The Morgan fingerprint density at radius 2 is 2.30 bits per heavy atom. The monoisotopic (exact) mass is 144 g/mol. The van der Waals surface area contributed by atoms with E-state index in [1.165, 1.54) is 0 Å². The van der Waals surface area contributed by atoms with E-state index >= 15 is 0 Å². The molecule has 0 aromatic rings. The van der Waals surface area contributed by atoms with Crippen LogP contribution in [0.2, 0.25) is 0 Å². The van der Waals surface area contributed by atoms with E-state index in [4.69, 9.17) is 10.6 Å². The molecule has 58 valence electrons. The second kappa shape index (κ2) is 8.23. The summed E-state index contributed by atoms with van der Waals surface area (Å²) in [5.41, 5.74) is 7.87. The quantitative estimate of drug-likeness (QED) is 0.243. The van der Waals surface area contributed by atoms with E-state index in [0.29, 0.717) is 13.1 Å². The molecule has 0 radical (unpaired) electrons. The van der Waals surface area contributed by atoms with Gasteiger partial charge in [0.25, 0.3) is 0 Å². The van der Waals surface area contributed by atoms with Crippen LogP contribution in [0.1, 0.15) is 6.42 Å². The Labute approximate surface area is 59.7 Å². The molecule has 0 aromatic heterocycles. The first-order valence-electron chi connectivity index (χ1n) is 3.24. The number of nitrogens with one attached hydrogen (secondary N) is 1. The summed E-state index contributed by atoms with van der Waals surface area (Å²) < 4.78 is 0. The van der Waals surface area contributed by atoms with E-state index < -0.39 is 0 Å². The maximum Gasteiger partial charge on any atom is 0.0555 e. The minimum Gasteiger partial charge on any atom is -0.395 e. The molecule has 0 amide bonds.